The van der Waals surface area contributed by atoms with Crippen LogP contribution in [0.2, 0.25) is 18.1 Å². The zero-order chi connectivity index (χ0) is 54.2. The number of fused-ring (bicyclic) bond motifs is 1. The molecule has 0 saturated heterocycles. The van der Waals surface area contributed by atoms with Crippen LogP contribution in [-0.2, 0) is 49.2 Å². The maximum Gasteiger partial charge on any atom is 0.508 e. The van der Waals surface area contributed by atoms with Crippen LogP contribution in [0.15, 0.2) is 78.9 Å². The number of imide groups is 1. The highest BCUT2D eigenvalue weighted by Crippen LogP contribution is 2.43. The first-order chi connectivity index (χ1) is 35.0. The van der Waals surface area contributed by atoms with Crippen LogP contribution in [0, 0.1) is 24.2 Å². The number of aryl methyl sites for hydroxylation is 1. The number of ether oxygens (including phenoxy) is 4. The third-order valence-electron chi connectivity index (χ3n) is 15.0. The van der Waals surface area contributed by atoms with E-state index in [-0.39, 0.29) is 47.6 Å². The molecule has 1 aromatic heterocycles. The molecule has 74 heavy (non-hydrogen) atoms. The Morgan fingerprint density at radius 3 is 2.23 bits per heavy atom. The molecule has 0 aliphatic carbocycles. The number of esters is 2. The van der Waals surface area contributed by atoms with Gasteiger partial charge in [0.2, 0.25) is 0 Å². The summed E-state index contributed by atoms with van der Waals surface area (Å²) in [6.07, 6.45) is 13.7. The number of hydrogen-bond acceptors (Lipinski definition) is 13. The Balaban J connectivity index is 1.24. The van der Waals surface area contributed by atoms with E-state index in [1.54, 1.807) is 55.5 Å². The van der Waals surface area contributed by atoms with Gasteiger partial charge in [-0.1, -0.05) is 102 Å². The van der Waals surface area contributed by atoms with E-state index in [9.17, 15) is 24.0 Å². The van der Waals surface area contributed by atoms with E-state index in [0.717, 1.165) is 85.0 Å². The lowest BCUT2D eigenvalue weighted by molar-refractivity contribution is -0.157. The van der Waals surface area contributed by atoms with E-state index < -0.39 is 56.5 Å². The molecule has 0 fully saturated rings. The van der Waals surface area contributed by atoms with Crippen molar-refractivity contribution in [2.75, 3.05) is 6.54 Å². The van der Waals surface area contributed by atoms with E-state index in [1.807, 2.05) is 25.1 Å². The van der Waals surface area contributed by atoms with Gasteiger partial charge in [0.1, 0.15) is 30.3 Å². The van der Waals surface area contributed by atoms with Crippen LogP contribution < -0.4 is 4.74 Å². The number of unbranched alkanes of at least 4 members (excludes halogenated alkanes) is 7. The minimum atomic E-state index is -2.42. The molecule has 5 rings (SSSR count). The lowest BCUT2D eigenvalue weighted by Crippen LogP contribution is -2.52. The number of nitrogens with zero attached hydrogens (tertiary/aromatic N) is 2. The Morgan fingerprint density at radius 1 is 0.932 bits per heavy atom. The van der Waals surface area contributed by atoms with Gasteiger partial charge in [0.15, 0.2) is 8.32 Å². The molecular formula is C59H82N2O11SSi. The van der Waals surface area contributed by atoms with Gasteiger partial charge in [-0.2, -0.15) is 0 Å². The lowest BCUT2D eigenvalue weighted by atomic mass is 9.71. The minimum Gasteiger partial charge on any atom is -0.457 e. The van der Waals surface area contributed by atoms with Crippen LogP contribution in [0.4, 0.5) is 4.79 Å². The number of allylic oxidation sites excluding steroid dienone is 2. The molecule has 0 radical (unpaired) electrons. The van der Waals surface area contributed by atoms with Crippen LogP contribution in [0.3, 0.4) is 0 Å². The number of amides is 2. The standard InChI is InChI=1S/C59H82N2O11SSi/c1-12-22-46-55(72-74(10,11)58(5,6)7)41(3)24-21-23-40(2)26-32-48(44-29-33-49-47(37-44)60-42(4)73-49)70-54(65)38-50(59(8,9)56(46)66)71-57(67)68-39-43-27-30-45(31-28-43)69-53(64)25-19-17-15-13-14-16-18-20-36-61-51(62)34-35-52(61)63/h12,26-31,33-35,37,41,46,48,50,55H,1,13-25,32,36,38-39H2,2-11H3/b40-26+/t41-,46+,48-,50-,55-/m0/s1. The average Bonchev–Trinajstić information content (AvgIpc) is 3.88. The SMILES string of the molecule is C=CC[C@H]1C(=O)C(C)(C)[C@@H](OC(=O)OCc2ccc(OC(=O)CCCCCCCCCCN3C(=O)C=CC3=O)cc2)CC(=O)O[C@H](c2ccc3sc(C)nc3c2)C/C=C(\C)CCC[C@H](C)[C@@H]1O[Si](C)(C)C(C)(C)C. The predicted molar refractivity (Wildman–Crippen MR) is 293 cm³/mol. The molecule has 2 aliphatic heterocycles. The number of aromatic nitrogens is 1. The van der Waals surface area contributed by atoms with Crippen molar-refractivity contribution in [3.05, 3.63) is 95.1 Å². The van der Waals surface area contributed by atoms with Gasteiger partial charge in [-0.15, -0.1) is 17.9 Å². The fourth-order valence-corrected chi connectivity index (χ4v) is 11.5. The highest BCUT2D eigenvalue weighted by molar-refractivity contribution is 7.18. The summed E-state index contributed by atoms with van der Waals surface area (Å²) in [7, 11) is -2.42. The van der Waals surface area contributed by atoms with E-state index in [2.05, 4.69) is 65.4 Å². The molecule has 2 amide bonds. The maximum atomic E-state index is 15.3. The Morgan fingerprint density at radius 2 is 1.58 bits per heavy atom. The summed E-state index contributed by atoms with van der Waals surface area (Å²) in [4.78, 5) is 85.4. The number of carbonyl (C=O) groups is 6. The topological polar surface area (TPSA) is 165 Å². The maximum absolute atomic E-state index is 15.3. The first-order valence-corrected chi connectivity index (χ1v) is 30.4. The third kappa shape index (κ3) is 17.4. The van der Waals surface area contributed by atoms with Crippen LogP contribution in [-0.4, -0.2) is 72.6 Å². The number of carbonyl (C=O) groups excluding carboxylic acids is 6. The summed E-state index contributed by atoms with van der Waals surface area (Å²) < 4.78 is 31.8. The van der Waals surface area contributed by atoms with Gasteiger partial charge in [0, 0.05) is 37.5 Å². The van der Waals surface area contributed by atoms with Crippen molar-refractivity contribution >= 4 is 65.6 Å². The smallest absolute Gasteiger partial charge is 0.457 e. The first kappa shape index (κ1) is 59.6. The summed E-state index contributed by atoms with van der Waals surface area (Å²) in [5, 5.41) is 0.803. The second kappa shape index (κ2) is 27.5. The van der Waals surface area contributed by atoms with Crippen LogP contribution in [0.25, 0.3) is 10.2 Å². The molecule has 0 unspecified atom stereocenters. The summed E-state index contributed by atoms with van der Waals surface area (Å²) in [6, 6.07) is 12.6. The molecule has 15 heteroatoms. The minimum absolute atomic E-state index is 0.00249. The van der Waals surface area contributed by atoms with Crippen molar-refractivity contribution < 1.29 is 52.1 Å². The fourth-order valence-electron chi connectivity index (χ4n) is 9.29. The Hall–Kier alpha value is -5.25. The number of ketones is 1. The number of hydrogen-bond donors (Lipinski definition) is 0. The van der Waals surface area contributed by atoms with Gasteiger partial charge >= 0.3 is 18.1 Å². The first-order valence-electron chi connectivity index (χ1n) is 26.7. The zero-order valence-electron chi connectivity index (χ0n) is 45.8. The van der Waals surface area contributed by atoms with E-state index in [0.29, 0.717) is 37.1 Å². The summed E-state index contributed by atoms with van der Waals surface area (Å²) in [6.45, 7) is 24.9. The second-order valence-electron chi connectivity index (χ2n) is 22.4. The molecule has 13 nitrogen and oxygen atoms in total. The lowest BCUT2D eigenvalue weighted by Gasteiger charge is -2.45. The molecule has 404 valence electrons. The molecule has 3 heterocycles. The molecule has 0 N–H and O–H groups in total. The number of cyclic esters (lactones) is 1. The quantitative estimate of drug-likeness (QED) is 0.0263. The molecule has 2 aliphatic rings. The Labute approximate surface area is 445 Å². The van der Waals surface area contributed by atoms with Crippen molar-refractivity contribution in [3.8, 4) is 5.75 Å². The molecule has 5 atom stereocenters. The summed E-state index contributed by atoms with van der Waals surface area (Å²) in [5.41, 5.74) is 1.98. The van der Waals surface area contributed by atoms with E-state index in [1.165, 1.54) is 22.6 Å². The molecule has 2 aromatic carbocycles. The largest absolute Gasteiger partial charge is 0.508 e. The van der Waals surface area contributed by atoms with Crippen molar-refractivity contribution in [2.24, 2.45) is 17.3 Å². The van der Waals surface area contributed by atoms with Gasteiger partial charge in [-0.3, -0.25) is 28.9 Å². The highest BCUT2D eigenvalue weighted by Gasteiger charge is 2.49. The zero-order valence-corrected chi connectivity index (χ0v) is 47.6. The van der Waals surface area contributed by atoms with Crippen molar-refractivity contribution in [1.82, 2.24) is 9.88 Å². The van der Waals surface area contributed by atoms with Crippen molar-refractivity contribution in [2.45, 2.75) is 195 Å². The normalized spacial score (nSPS) is 22.1. The monoisotopic (exact) mass is 1050 g/mol. The highest BCUT2D eigenvalue weighted by atomic mass is 32.1. The van der Waals surface area contributed by atoms with Crippen molar-refractivity contribution in [3.63, 3.8) is 0 Å². The summed E-state index contributed by atoms with van der Waals surface area (Å²) >= 11 is 1.60. The molecule has 3 aromatic rings. The number of benzene rings is 2. The summed E-state index contributed by atoms with van der Waals surface area (Å²) in [5.74, 6) is -1.93. The number of thiazole rings is 1. The molecule has 0 bridgehead atoms. The van der Waals surface area contributed by atoms with Crippen molar-refractivity contribution in [1.29, 1.82) is 0 Å². The average molecular weight is 1060 g/mol. The van der Waals surface area contributed by atoms with Gasteiger partial charge in [-0.25, -0.2) is 9.78 Å². The van der Waals surface area contributed by atoms with E-state index in [4.69, 9.17) is 23.4 Å². The van der Waals surface area contributed by atoms with Gasteiger partial charge in [-0.05, 0) is 126 Å². The van der Waals surface area contributed by atoms with Crippen LogP contribution >= 0.6 is 11.3 Å². The van der Waals surface area contributed by atoms with Crippen LogP contribution in [0.5, 0.6) is 5.75 Å². The predicted octanol–water partition coefficient (Wildman–Crippen LogP) is 14.0. The molecule has 0 spiro atoms. The molecule has 0 saturated carbocycles. The Kier molecular flexibility index (Phi) is 22.2. The number of rotatable bonds is 20. The second-order valence-corrected chi connectivity index (χ2v) is 28.4. The van der Waals surface area contributed by atoms with Crippen LogP contribution in [0.1, 0.15) is 167 Å². The molecular weight excluding hydrogens is 973 g/mol. The van der Waals surface area contributed by atoms with Gasteiger partial charge in [0.25, 0.3) is 11.8 Å². The van der Waals surface area contributed by atoms with Gasteiger partial charge < -0.3 is 23.4 Å². The van der Waals surface area contributed by atoms with Gasteiger partial charge in [0.05, 0.1) is 33.2 Å². The van der Waals surface area contributed by atoms with E-state index >= 15 is 4.79 Å². The Bertz CT molecular complexity index is 2470. The fraction of sp³-hybridized carbons (Fsp3) is 0.576. The third-order valence-corrected chi connectivity index (χ3v) is 20.4. The number of Topliss-reactive ketones (excluding diaryl/α,β-unsaturated/α-hetero) is 1.